The van der Waals surface area contributed by atoms with Crippen LogP contribution in [0, 0.1) is 0 Å². The molecule has 1 aliphatic rings. The van der Waals surface area contributed by atoms with Gasteiger partial charge in [-0.2, -0.15) is 0 Å². The second-order valence-electron chi connectivity index (χ2n) is 9.73. The number of nitrogens with two attached hydrogens (primary N) is 1. The molecule has 6 heteroatoms. The third-order valence-electron chi connectivity index (χ3n) is 7.36. The molecule has 0 aliphatic carbocycles. The number of nitrogens with zero attached hydrogens (tertiary/aromatic N) is 2. The fourth-order valence-corrected chi connectivity index (χ4v) is 5.33. The van der Waals surface area contributed by atoms with Crippen LogP contribution in [0.1, 0.15) is 46.1 Å². The highest BCUT2D eigenvalue weighted by molar-refractivity contribution is 5.74. The summed E-state index contributed by atoms with van der Waals surface area (Å²) in [5, 5.41) is 9.61. The number of hydrogen-bond donors (Lipinski definition) is 2. The second-order valence-corrected chi connectivity index (χ2v) is 9.73. The van der Waals surface area contributed by atoms with Crippen LogP contribution < -0.4 is 5.73 Å². The monoisotopic (exact) mass is 505 g/mol. The number of fused-ring (bicyclic) bond motifs is 1. The highest BCUT2D eigenvalue weighted by Crippen LogP contribution is 2.47. The Morgan fingerprint density at radius 2 is 1.42 bits per heavy atom. The average Bonchev–Trinajstić information content (AvgIpc) is 3.40. The van der Waals surface area contributed by atoms with Gasteiger partial charge in [0.05, 0.1) is 42.7 Å². The largest absolute Gasteiger partial charge is 0.392 e. The van der Waals surface area contributed by atoms with Gasteiger partial charge in [-0.15, -0.1) is 0 Å². The van der Waals surface area contributed by atoms with E-state index in [0.717, 1.165) is 38.9 Å². The summed E-state index contributed by atoms with van der Waals surface area (Å²) in [6, 6.07) is 34.7. The van der Waals surface area contributed by atoms with E-state index in [1.807, 2.05) is 67.0 Å². The van der Waals surface area contributed by atoms with Crippen molar-refractivity contribution in [2.24, 2.45) is 5.73 Å². The Labute approximate surface area is 222 Å². The Hall–Kier alpha value is -3.81. The number of para-hydroxylation sites is 2. The first-order valence-corrected chi connectivity index (χ1v) is 13.0. The van der Waals surface area contributed by atoms with E-state index in [1.165, 1.54) is 0 Å². The van der Waals surface area contributed by atoms with E-state index in [2.05, 4.69) is 52.0 Å². The van der Waals surface area contributed by atoms with Crippen LogP contribution in [0.25, 0.3) is 11.0 Å². The Morgan fingerprint density at radius 1 is 0.737 bits per heavy atom. The third-order valence-corrected chi connectivity index (χ3v) is 7.36. The lowest BCUT2D eigenvalue weighted by molar-refractivity contribution is -0.263. The van der Waals surface area contributed by atoms with Crippen LogP contribution in [0.3, 0.4) is 0 Å². The highest BCUT2D eigenvalue weighted by atomic mass is 16.7. The molecular formula is C32H31N3O3. The molecule has 6 rings (SSSR count). The standard InChI is InChI=1S/C32H31N3O3/c33-18-22-10-16-26(17-11-22)32-37-29(19-35-21-34-27-8-4-5-9-28(27)35)30(24-6-2-1-3-7-24)31(38-32)25-14-12-23(20-36)13-15-25/h1-17,21,29-32,36H,18-20,33H2/t29-,30-,31+,32?/m1/s1. The minimum atomic E-state index is -0.552. The van der Waals surface area contributed by atoms with Gasteiger partial charge in [0.15, 0.2) is 6.29 Å². The van der Waals surface area contributed by atoms with E-state index < -0.39 is 6.29 Å². The predicted molar refractivity (Wildman–Crippen MR) is 147 cm³/mol. The maximum Gasteiger partial charge on any atom is 0.185 e. The molecular weight excluding hydrogens is 474 g/mol. The summed E-state index contributed by atoms with van der Waals surface area (Å²) < 4.78 is 15.7. The van der Waals surface area contributed by atoms with Crippen molar-refractivity contribution in [2.75, 3.05) is 0 Å². The summed E-state index contributed by atoms with van der Waals surface area (Å²) in [4.78, 5) is 4.62. The number of imidazole rings is 1. The average molecular weight is 506 g/mol. The van der Waals surface area contributed by atoms with E-state index in [0.29, 0.717) is 13.1 Å². The lowest BCUT2D eigenvalue weighted by atomic mass is 9.83. The van der Waals surface area contributed by atoms with Crippen molar-refractivity contribution in [3.8, 4) is 0 Å². The highest BCUT2D eigenvalue weighted by Gasteiger charge is 2.42. The molecule has 3 N–H and O–H groups in total. The third kappa shape index (κ3) is 4.87. The van der Waals surface area contributed by atoms with Crippen molar-refractivity contribution in [1.29, 1.82) is 0 Å². The van der Waals surface area contributed by atoms with E-state index in [9.17, 15) is 5.11 Å². The van der Waals surface area contributed by atoms with E-state index in [-0.39, 0.29) is 24.7 Å². The summed E-state index contributed by atoms with van der Waals surface area (Å²) in [5.41, 5.74) is 12.9. The van der Waals surface area contributed by atoms with Crippen LogP contribution in [0.5, 0.6) is 0 Å². The summed E-state index contributed by atoms with van der Waals surface area (Å²) in [7, 11) is 0. The van der Waals surface area contributed by atoms with Crippen molar-refractivity contribution in [2.45, 2.75) is 44.1 Å². The van der Waals surface area contributed by atoms with Crippen molar-refractivity contribution >= 4 is 11.0 Å². The number of ether oxygens (including phenoxy) is 2. The van der Waals surface area contributed by atoms with E-state index in [4.69, 9.17) is 15.2 Å². The van der Waals surface area contributed by atoms with Gasteiger partial charge in [0, 0.05) is 18.0 Å². The molecule has 1 saturated heterocycles. The molecule has 0 saturated carbocycles. The molecule has 4 atom stereocenters. The molecule has 192 valence electrons. The molecule has 38 heavy (non-hydrogen) atoms. The second kappa shape index (κ2) is 10.9. The first-order chi connectivity index (χ1) is 18.7. The number of aromatic nitrogens is 2. The zero-order valence-corrected chi connectivity index (χ0v) is 21.1. The fraction of sp³-hybridized carbons (Fsp3) is 0.219. The molecule has 1 unspecified atom stereocenters. The SMILES string of the molecule is NCc1ccc(C2O[C@H](Cn3cnc4ccccc43)[C@@H](c3ccccc3)[C@H](c3ccc(CO)cc3)O2)cc1. The molecule has 0 bridgehead atoms. The number of hydrogen-bond acceptors (Lipinski definition) is 5. The van der Waals surface area contributed by atoms with E-state index in [1.54, 1.807) is 0 Å². The molecule has 1 fully saturated rings. The summed E-state index contributed by atoms with van der Waals surface area (Å²) in [6.45, 7) is 1.11. The maximum atomic E-state index is 9.61. The Morgan fingerprint density at radius 3 is 2.16 bits per heavy atom. The molecule has 1 aromatic heterocycles. The van der Waals surface area contributed by atoms with Gasteiger partial charge in [-0.25, -0.2) is 4.98 Å². The van der Waals surface area contributed by atoms with Gasteiger partial charge in [-0.1, -0.05) is 91.0 Å². The smallest absolute Gasteiger partial charge is 0.185 e. The van der Waals surface area contributed by atoms with Crippen LogP contribution in [-0.4, -0.2) is 20.8 Å². The van der Waals surface area contributed by atoms with Gasteiger partial charge < -0.3 is 24.9 Å². The Kier molecular flexibility index (Phi) is 7.03. The maximum absolute atomic E-state index is 9.61. The van der Waals surface area contributed by atoms with Crippen LogP contribution in [0.2, 0.25) is 0 Å². The predicted octanol–water partition coefficient (Wildman–Crippen LogP) is 5.63. The topological polar surface area (TPSA) is 82.5 Å². The van der Waals surface area contributed by atoms with Crippen LogP contribution in [-0.2, 0) is 29.2 Å². The first kappa shape index (κ1) is 24.5. The number of rotatable bonds is 7. The molecule has 4 aromatic carbocycles. The fourth-order valence-electron chi connectivity index (χ4n) is 5.33. The van der Waals surface area contributed by atoms with Gasteiger partial charge in [-0.05, 0) is 34.4 Å². The van der Waals surface area contributed by atoms with Crippen LogP contribution >= 0.6 is 0 Å². The van der Waals surface area contributed by atoms with Crippen LogP contribution in [0.4, 0.5) is 0 Å². The van der Waals surface area contributed by atoms with Crippen molar-refractivity contribution in [3.05, 3.63) is 137 Å². The molecule has 2 heterocycles. The van der Waals surface area contributed by atoms with Gasteiger partial charge in [0.2, 0.25) is 0 Å². The van der Waals surface area contributed by atoms with Gasteiger partial charge in [0.1, 0.15) is 0 Å². The zero-order chi connectivity index (χ0) is 25.9. The molecule has 0 spiro atoms. The summed E-state index contributed by atoms with van der Waals surface area (Å²) in [5.74, 6) is -0.0723. The molecule has 1 aliphatic heterocycles. The Balaban J connectivity index is 1.44. The normalized spacial score (nSPS) is 21.5. The Bertz CT molecular complexity index is 1480. The van der Waals surface area contributed by atoms with Gasteiger partial charge >= 0.3 is 0 Å². The number of benzene rings is 4. The zero-order valence-electron chi connectivity index (χ0n) is 21.1. The lowest BCUT2D eigenvalue weighted by Gasteiger charge is -2.43. The van der Waals surface area contributed by atoms with Crippen molar-refractivity contribution in [1.82, 2.24) is 9.55 Å². The summed E-state index contributed by atoms with van der Waals surface area (Å²) >= 11 is 0. The summed E-state index contributed by atoms with van der Waals surface area (Å²) in [6.07, 6.45) is 0.870. The minimum absolute atomic E-state index is 0.00345. The number of aliphatic hydroxyl groups is 1. The quantitative estimate of drug-likeness (QED) is 0.300. The minimum Gasteiger partial charge on any atom is -0.392 e. The molecule has 6 nitrogen and oxygen atoms in total. The van der Waals surface area contributed by atoms with E-state index >= 15 is 0 Å². The van der Waals surface area contributed by atoms with Gasteiger partial charge in [0.25, 0.3) is 0 Å². The molecule has 0 radical (unpaired) electrons. The lowest BCUT2D eigenvalue weighted by Crippen LogP contribution is -2.39. The number of aliphatic hydroxyl groups excluding tert-OH is 1. The van der Waals surface area contributed by atoms with Crippen molar-refractivity contribution < 1.29 is 14.6 Å². The van der Waals surface area contributed by atoms with Crippen LogP contribution in [0.15, 0.2) is 109 Å². The van der Waals surface area contributed by atoms with Crippen molar-refractivity contribution in [3.63, 3.8) is 0 Å². The molecule has 0 amide bonds. The molecule has 5 aromatic rings. The first-order valence-electron chi connectivity index (χ1n) is 13.0. The van der Waals surface area contributed by atoms with Gasteiger partial charge in [-0.3, -0.25) is 0 Å².